The van der Waals surface area contributed by atoms with Crippen molar-refractivity contribution in [1.82, 2.24) is 15.1 Å². The maximum atomic E-state index is 12.1. The molecule has 1 N–H and O–H groups in total. The lowest BCUT2D eigenvalue weighted by molar-refractivity contribution is 0.0949. The number of nitrogens with one attached hydrogen (secondary N) is 1. The van der Waals surface area contributed by atoms with Gasteiger partial charge in [-0.05, 0) is 40.5 Å². The van der Waals surface area contributed by atoms with Crippen LogP contribution in [-0.2, 0) is 13.6 Å². The van der Waals surface area contributed by atoms with Crippen LogP contribution in [-0.4, -0.2) is 15.7 Å². The fourth-order valence-electron chi connectivity index (χ4n) is 1.66. The highest BCUT2D eigenvalue weighted by Gasteiger charge is 2.11. The maximum Gasteiger partial charge on any atom is 0.252 e. The first kappa shape index (κ1) is 12.8. The van der Waals surface area contributed by atoms with Gasteiger partial charge in [0.05, 0.1) is 17.8 Å². The normalized spacial score (nSPS) is 10.4. The van der Waals surface area contributed by atoms with Gasteiger partial charge >= 0.3 is 0 Å². The van der Waals surface area contributed by atoms with Gasteiger partial charge in [0.1, 0.15) is 0 Å². The van der Waals surface area contributed by atoms with Crippen LogP contribution in [0.2, 0.25) is 0 Å². The van der Waals surface area contributed by atoms with Crippen molar-refractivity contribution < 1.29 is 4.79 Å². The standard InChI is InChI=1S/C13H14BrN3O/c1-9-4-3-5-11(12(9)14)13(18)15-8-10-6-7-16-17(10)2/h3-7H,8H2,1-2H3,(H,15,18). The molecule has 0 unspecified atom stereocenters. The van der Waals surface area contributed by atoms with E-state index < -0.39 is 0 Å². The Hall–Kier alpha value is -1.62. The first-order valence-electron chi connectivity index (χ1n) is 5.60. The van der Waals surface area contributed by atoms with Gasteiger partial charge in [-0.3, -0.25) is 9.48 Å². The minimum atomic E-state index is -0.0909. The fraction of sp³-hybridized carbons (Fsp3) is 0.231. The van der Waals surface area contributed by atoms with Gasteiger partial charge < -0.3 is 5.32 Å². The molecule has 2 aromatic rings. The third-order valence-electron chi connectivity index (χ3n) is 2.79. The van der Waals surface area contributed by atoms with Gasteiger partial charge in [-0.1, -0.05) is 12.1 Å². The molecule has 18 heavy (non-hydrogen) atoms. The molecule has 0 aliphatic rings. The fourth-order valence-corrected chi connectivity index (χ4v) is 2.11. The van der Waals surface area contributed by atoms with E-state index in [0.717, 1.165) is 15.7 Å². The molecular formula is C13H14BrN3O. The van der Waals surface area contributed by atoms with Crippen LogP contribution < -0.4 is 5.32 Å². The lowest BCUT2D eigenvalue weighted by Gasteiger charge is -2.08. The zero-order valence-corrected chi connectivity index (χ0v) is 11.9. The van der Waals surface area contributed by atoms with Crippen molar-refractivity contribution in [2.75, 3.05) is 0 Å². The average Bonchev–Trinajstić information content (AvgIpc) is 2.75. The van der Waals surface area contributed by atoms with Gasteiger partial charge in [-0.25, -0.2) is 0 Å². The zero-order chi connectivity index (χ0) is 13.1. The first-order valence-corrected chi connectivity index (χ1v) is 6.39. The van der Waals surface area contributed by atoms with Crippen LogP contribution in [0.25, 0.3) is 0 Å². The summed E-state index contributed by atoms with van der Waals surface area (Å²) < 4.78 is 2.58. The number of carbonyl (C=O) groups is 1. The van der Waals surface area contributed by atoms with Crippen LogP contribution in [0.4, 0.5) is 0 Å². The highest BCUT2D eigenvalue weighted by atomic mass is 79.9. The maximum absolute atomic E-state index is 12.1. The van der Waals surface area contributed by atoms with Crippen molar-refractivity contribution in [3.05, 3.63) is 51.8 Å². The predicted molar refractivity (Wildman–Crippen MR) is 73.3 cm³/mol. The molecule has 2 rings (SSSR count). The van der Waals surface area contributed by atoms with Crippen molar-refractivity contribution in [3.8, 4) is 0 Å². The zero-order valence-electron chi connectivity index (χ0n) is 10.3. The monoisotopic (exact) mass is 307 g/mol. The number of rotatable bonds is 3. The summed E-state index contributed by atoms with van der Waals surface area (Å²) >= 11 is 3.44. The lowest BCUT2D eigenvalue weighted by atomic mass is 10.1. The molecule has 1 amide bonds. The summed E-state index contributed by atoms with van der Waals surface area (Å²) in [6, 6.07) is 7.52. The second-order valence-corrected chi connectivity index (χ2v) is 4.86. The summed E-state index contributed by atoms with van der Waals surface area (Å²) in [5, 5.41) is 6.94. The molecule has 0 saturated carbocycles. The van der Waals surface area contributed by atoms with Crippen molar-refractivity contribution in [1.29, 1.82) is 0 Å². The predicted octanol–water partition coefficient (Wildman–Crippen LogP) is 2.42. The molecule has 1 heterocycles. The quantitative estimate of drug-likeness (QED) is 0.946. The van der Waals surface area contributed by atoms with E-state index in [0.29, 0.717) is 12.1 Å². The molecule has 5 heteroatoms. The summed E-state index contributed by atoms with van der Waals surface area (Å²) in [5.74, 6) is -0.0909. The summed E-state index contributed by atoms with van der Waals surface area (Å²) in [6.45, 7) is 2.43. The van der Waals surface area contributed by atoms with Gasteiger partial charge in [0.15, 0.2) is 0 Å². The third kappa shape index (κ3) is 2.61. The largest absolute Gasteiger partial charge is 0.346 e. The Balaban J connectivity index is 2.09. The topological polar surface area (TPSA) is 46.9 Å². The number of amides is 1. The summed E-state index contributed by atoms with van der Waals surface area (Å²) in [5.41, 5.74) is 2.66. The summed E-state index contributed by atoms with van der Waals surface area (Å²) in [7, 11) is 1.85. The molecule has 1 aromatic carbocycles. The van der Waals surface area contributed by atoms with Gasteiger partial charge in [-0.2, -0.15) is 5.10 Å². The van der Waals surface area contributed by atoms with Crippen LogP contribution in [0.15, 0.2) is 34.9 Å². The van der Waals surface area contributed by atoms with E-state index in [1.54, 1.807) is 16.9 Å². The van der Waals surface area contributed by atoms with Crippen molar-refractivity contribution >= 4 is 21.8 Å². The van der Waals surface area contributed by atoms with E-state index >= 15 is 0 Å². The second kappa shape index (κ2) is 5.35. The molecule has 1 aromatic heterocycles. The Morgan fingerprint density at radius 1 is 1.44 bits per heavy atom. The molecule has 0 saturated heterocycles. The second-order valence-electron chi connectivity index (χ2n) is 4.07. The Kier molecular flexibility index (Phi) is 3.81. The van der Waals surface area contributed by atoms with Crippen LogP contribution in [0.3, 0.4) is 0 Å². The molecule has 0 bridgehead atoms. The van der Waals surface area contributed by atoms with E-state index in [9.17, 15) is 4.79 Å². The van der Waals surface area contributed by atoms with Crippen LogP contribution >= 0.6 is 15.9 Å². The Labute approximate surface area is 114 Å². The first-order chi connectivity index (χ1) is 8.59. The summed E-state index contributed by atoms with van der Waals surface area (Å²) in [6.07, 6.45) is 1.71. The van der Waals surface area contributed by atoms with E-state index in [-0.39, 0.29) is 5.91 Å². The number of benzene rings is 1. The van der Waals surface area contributed by atoms with E-state index in [1.165, 1.54) is 0 Å². The molecule has 4 nitrogen and oxygen atoms in total. The van der Waals surface area contributed by atoms with Crippen molar-refractivity contribution in [3.63, 3.8) is 0 Å². The average molecular weight is 308 g/mol. The highest BCUT2D eigenvalue weighted by molar-refractivity contribution is 9.10. The number of aromatic nitrogens is 2. The minimum absolute atomic E-state index is 0.0909. The Morgan fingerprint density at radius 3 is 2.89 bits per heavy atom. The van der Waals surface area contributed by atoms with Crippen LogP contribution in [0.1, 0.15) is 21.6 Å². The lowest BCUT2D eigenvalue weighted by Crippen LogP contribution is -2.24. The number of aryl methyl sites for hydroxylation is 2. The molecule has 0 spiro atoms. The third-order valence-corrected chi connectivity index (χ3v) is 3.84. The molecule has 0 fully saturated rings. The highest BCUT2D eigenvalue weighted by Crippen LogP contribution is 2.20. The molecule has 0 atom stereocenters. The van der Waals surface area contributed by atoms with Gasteiger partial charge in [0, 0.05) is 17.7 Å². The molecule has 0 radical (unpaired) electrons. The Bertz CT molecular complexity index is 577. The van der Waals surface area contributed by atoms with E-state index in [1.807, 2.05) is 32.2 Å². The number of hydrogen-bond donors (Lipinski definition) is 1. The number of carbonyl (C=O) groups excluding carboxylic acids is 1. The molecular weight excluding hydrogens is 294 g/mol. The van der Waals surface area contributed by atoms with Crippen LogP contribution in [0.5, 0.6) is 0 Å². The molecule has 0 aliphatic heterocycles. The molecule has 94 valence electrons. The minimum Gasteiger partial charge on any atom is -0.346 e. The van der Waals surface area contributed by atoms with Crippen molar-refractivity contribution in [2.45, 2.75) is 13.5 Å². The molecule has 0 aliphatic carbocycles. The van der Waals surface area contributed by atoms with Crippen molar-refractivity contribution in [2.24, 2.45) is 7.05 Å². The number of halogens is 1. The van der Waals surface area contributed by atoms with E-state index in [2.05, 4.69) is 26.3 Å². The Morgan fingerprint density at radius 2 is 2.22 bits per heavy atom. The SMILES string of the molecule is Cc1cccc(C(=O)NCc2ccnn2C)c1Br. The van der Waals surface area contributed by atoms with E-state index in [4.69, 9.17) is 0 Å². The van der Waals surface area contributed by atoms with Gasteiger partial charge in [0.25, 0.3) is 5.91 Å². The van der Waals surface area contributed by atoms with Gasteiger partial charge in [0.2, 0.25) is 0 Å². The van der Waals surface area contributed by atoms with Crippen LogP contribution in [0, 0.1) is 6.92 Å². The summed E-state index contributed by atoms with van der Waals surface area (Å²) in [4.78, 5) is 12.1. The smallest absolute Gasteiger partial charge is 0.252 e. The number of nitrogens with zero attached hydrogens (tertiary/aromatic N) is 2. The number of hydrogen-bond acceptors (Lipinski definition) is 2. The van der Waals surface area contributed by atoms with Gasteiger partial charge in [-0.15, -0.1) is 0 Å².